The highest BCUT2D eigenvalue weighted by atomic mass is 35.5. The molecule has 2 rings (SSSR count). The fraction of sp³-hybridized carbons (Fsp3) is 0.429. The fourth-order valence-electron chi connectivity index (χ4n) is 1.65. The Balaban J connectivity index is 2.11. The van der Waals surface area contributed by atoms with Crippen LogP contribution in [0.3, 0.4) is 0 Å². The van der Waals surface area contributed by atoms with Gasteiger partial charge in [0.2, 0.25) is 5.89 Å². The van der Waals surface area contributed by atoms with E-state index in [-0.39, 0.29) is 12.0 Å². The summed E-state index contributed by atoms with van der Waals surface area (Å²) in [6.07, 6.45) is 0. The highest BCUT2D eigenvalue weighted by molar-refractivity contribution is 6.31. The number of aryl methyl sites for hydroxylation is 1. The van der Waals surface area contributed by atoms with Crippen molar-refractivity contribution in [2.45, 2.75) is 39.7 Å². The first-order valence-corrected chi connectivity index (χ1v) is 6.71. The number of hydrogen-bond donors (Lipinski definition) is 1. The Kier molecular flexibility index (Phi) is 4.10. The van der Waals surface area contributed by atoms with Gasteiger partial charge in [-0.2, -0.15) is 4.98 Å². The zero-order valence-electron chi connectivity index (χ0n) is 11.6. The van der Waals surface area contributed by atoms with Crippen molar-refractivity contribution in [1.82, 2.24) is 10.1 Å². The van der Waals surface area contributed by atoms with Crippen LogP contribution < -0.4 is 5.32 Å². The quantitative estimate of drug-likeness (QED) is 0.905. The average molecular weight is 280 g/mol. The number of aromatic nitrogens is 2. The van der Waals surface area contributed by atoms with Gasteiger partial charge in [0.1, 0.15) is 6.04 Å². The normalized spacial score (nSPS) is 12.7. The van der Waals surface area contributed by atoms with Gasteiger partial charge in [-0.1, -0.05) is 36.7 Å². The molecule has 0 aliphatic heterocycles. The maximum absolute atomic E-state index is 6.10. The van der Waals surface area contributed by atoms with E-state index in [1.54, 1.807) is 0 Å². The molecule has 0 aliphatic rings. The molecular weight excluding hydrogens is 262 g/mol. The zero-order valence-corrected chi connectivity index (χ0v) is 12.3. The van der Waals surface area contributed by atoms with Gasteiger partial charge in [-0.15, -0.1) is 0 Å². The molecule has 1 heterocycles. The van der Waals surface area contributed by atoms with Gasteiger partial charge in [-0.25, -0.2) is 0 Å². The summed E-state index contributed by atoms with van der Waals surface area (Å²) in [4.78, 5) is 4.37. The molecule has 1 unspecified atom stereocenters. The lowest BCUT2D eigenvalue weighted by Gasteiger charge is -2.12. The molecule has 1 aromatic carbocycles. The summed E-state index contributed by atoms with van der Waals surface area (Å²) in [7, 11) is 0. The van der Waals surface area contributed by atoms with Gasteiger partial charge in [-0.05, 0) is 31.5 Å². The van der Waals surface area contributed by atoms with Crippen LogP contribution in [0.15, 0.2) is 22.7 Å². The molecule has 1 atom stereocenters. The van der Waals surface area contributed by atoms with Crippen molar-refractivity contribution in [1.29, 1.82) is 0 Å². The van der Waals surface area contributed by atoms with E-state index < -0.39 is 0 Å². The molecule has 19 heavy (non-hydrogen) atoms. The van der Waals surface area contributed by atoms with Crippen LogP contribution in [-0.4, -0.2) is 10.1 Å². The second kappa shape index (κ2) is 5.61. The molecule has 4 nitrogen and oxygen atoms in total. The average Bonchev–Trinajstić information content (AvgIpc) is 2.83. The van der Waals surface area contributed by atoms with E-state index >= 15 is 0 Å². The van der Waals surface area contributed by atoms with Crippen molar-refractivity contribution in [3.63, 3.8) is 0 Å². The van der Waals surface area contributed by atoms with Crippen molar-refractivity contribution >= 4 is 17.3 Å². The summed E-state index contributed by atoms with van der Waals surface area (Å²) in [5.74, 6) is 1.57. The van der Waals surface area contributed by atoms with Crippen molar-refractivity contribution < 1.29 is 4.52 Å². The highest BCUT2D eigenvalue weighted by Crippen LogP contribution is 2.24. The Bertz CT molecular complexity index is 566. The van der Waals surface area contributed by atoms with E-state index in [0.29, 0.717) is 5.89 Å². The first kappa shape index (κ1) is 13.9. The van der Waals surface area contributed by atoms with Crippen molar-refractivity contribution in [3.05, 3.63) is 40.5 Å². The van der Waals surface area contributed by atoms with Gasteiger partial charge in [-0.3, -0.25) is 0 Å². The summed E-state index contributed by atoms with van der Waals surface area (Å²) in [5, 5.41) is 8.00. The minimum atomic E-state index is -0.0567. The van der Waals surface area contributed by atoms with E-state index in [0.717, 1.165) is 22.1 Å². The van der Waals surface area contributed by atoms with Crippen LogP contribution in [0.1, 0.15) is 50.0 Å². The molecule has 0 bridgehead atoms. The summed E-state index contributed by atoms with van der Waals surface area (Å²) in [5.41, 5.74) is 1.99. The topological polar surface area (TPSA) is 51.0 Å². The Morgan fingerprint density at radius 1 is 1.26 bits per heavy atom. The predicted octanol–water partition coefficient (Wildman–Crippen LogP) is 4.33. The predicted molar refractivity (Wildman–Crippen MR) is 76.6 cm³/mol. The van der Waals surface area contributed by atoms with Crippen molar-refractivity contribution in [3.8, 4) is 0 Å². The molecule has 0 saturated heterocycles. The summed E-state index contributed by atoms with van der Waals surface area (Å²) < 4.78 is 5.26. The monoisotopic (exact) mass is 279 g/mol. The summed E-state index contributed by atoms with van der Waals surface area (Å²) in [6, 6.07) is 5.80. The first-order chi connectivity index (χ1) is 8.97. The van der Waals surface area contributed by atoms with E-state index in [2.05, 4.69) is 15.5 Å². The van der Waals surface area contributed by atoms with Gasteiger partial charge >= 0.3 is 0 Å². The van der Waals surface area contributed by atoms with Gasteiger partial charge in [0.25, 0.3) is 0 Å². The highest BCUT2D eigenvalue weighted by Gasteiger charge is 2.15. The van der Waals surface area contributed by atoms with Crippen LogP contribution in [0.2, 0.25) is 5.02 Å². The van der Waals surface area contributed by atoms with E-state index in [9.17, 15) is 0 Å². The molecule has 102 valence electrons. The third kappa shape index (κ3) is 3.26. The van der Waals surface area contributed by atoms with Crippen LogP contribution in [-0.2, 0) is 0 Å². The fourth-order valence-corrected chi connectivity index (χ4v) is 1.83. The number of halogens is 1. The van der Waals surface area contributed by atoms with Crippen LogP contribution in [0.5, 0.6) is 0 Å². The lowest BCUT2D eigenvalue weighted by molar-refractivity contribution is 0.361. The van der Waals surface area contributed by atoms with Gasteiger partial charge in [0.15, 0.2) is 5.82 Å². The maximum atomic E-state index is 6.10. The number of benzene rings is 1. The minimum Gasteiger partial charge on any atom is -0.374 e. The van der Waals surface area contributed by atoms with Gasteiger partial charge < -0.3 is 9.84 Å². The Morgan fingerprint density at radius 2 is 2.00 bits per heavy atom. The molecule has 0 saturated carbocycles. The molecule has 0 amide bonds. The molecule has 2 aromatic rings. The Labute approximate surface area is 118 Å². The molecule has 1 N–H and O–H groups in total. The standard InChI is InChI=1S/C14H18ClN3O/c1-8(2)13-17-14(19-18-13)10(4)16-11-6-5-9(3)12(15)7-11/h5-8,10,16H,1-4H3. The summed E-state index contributed by atoms with van der Waals surface area (Å²) in [6.45, 7) is 8.02. The smallest absolute Gasteiger partial charge is 0.248 e. The van der Waals surface area contributed by atoms with Crippen LogP contribution in [0, 0.1) is 6.92 Å². The molecule has 0 spiro atoms. The zero-order chi connectivity index (χ0) is 14.0. The van der Waals surface area contributed by atoms with Gasteiger partial charge in [0.05, 0.1) is 0 Å². The van der Waals surface area contributed by atoms with E-state index in [1.165, 1.54) is 0 Å². The molecule has 0 radical (unpaired) electrons. The molecular formula is C14H18ClN3O. The minimum absolute atomic E-state index is 0.0567. The second-order valence-corrected chi connectivity index (χ2v) is 5.38. The Morgan fingerprint density at radius 3 is 2.58 bits per heavy atom. The number of hydrogen-bond acceptors (Lipinski definition) is 4. The number of anilines is 1. The van der Waals surface area contributed by atoms with Gasteiger partial charge in [0, 0.05) is 16.6 Å². The number of nitrogens with zero attached hydrogens (tertiary/aromatic N) is 2. The molecule has 5 heteroatoms. The van der Waals surface area contributed by atoms with Crippen LogP contribution in [0.4, 0.5) is 5.69 Å². The number of nitrogens with one attached hydrogen (secondary N) is 1. The second-order valence-electron chi connectivity index (χ2n) is 4.98. The van der Waals surface area contributed by atoms with E-state index in [1.807, 2.05) is 45.9 Å². The van der Waals surface area contributed by atoms with Crippen molar-refractivity contribution in [2.75, 3.05) is 5.32 Å². The Hall–Kier alpha value is -1.55. The first-order valence-electron chi connectivity index (χ1n) is 6.33. The van der Waals surface area contributed by atoms with E-state index in [4.69, 9.17) is 16.1 Å². The van der Waals surface area contributed by atoms with Crippen LogP contribution in [0.25, 0.3) is 0 Å². The SMILES string of the molecule is Cc1ccc(NC(C)c2nc(C(C)C)no2)cc1Cl. The number of rotatable bonds is 4. The maximum Gasteiger partial charge on any atom is 0.248 e. The van der Waals surface area contributed by atoms with Crippen molar-refractivity contribution in [2.24, 2.45) is 0 Å². The summed E-state index contributed by atoms with van der Waals surface area (Å²) >= 11 is 6.10. The largest absolute Gasteiger partial charge is 0.374 e. The van der Waals surface area contributed by atoms with Crippen LogP contribution >= 0.6 is 11.6 Å². The molecule has 0 aliphatic carbocycles. The molecule has 0 fully saturated rings. The third-order valence-electron chi connectivity index (χ3n) is 2.90. The third-order valence-corrected chi connectivity index (χ3v) is 3.31. The lowest BCUT2D eigenvalue weighted by atomic mass is 10.2. The lowest BCUT2D eigenvalue weighted by Crippen LogP contribution is -2.07. The molecule has 1 aromatic heterocycles.